The second kappa shape index (κ2) is 4.60. The van der Waals surface area contributed by atoms with Crippen LogP contribution in [0.1, 0.15) is 25.3 Å². The van der Waals surface area contributed by atoms with Gasteiger partial charge in [-0.2, -0.15) is 0 Å². The van der Waals surface area contributed by atoms with Crippen molar-refractivity contribution >= 4 is 27.4 Å². The van der Waals surface area contributed by atoms with Crippen molar-refractivity contribution in [1.29, 1.82) is 0 Å². The van der Waals surface area contributed by atoms with E-state index in [-0.39, 0.29) is 5.69 Å². The van der Waals surface area contributed by atoms with Crippen molar-refractivity contribution in [3.63, 3.8) is 0 Å². The van der Waals surface area contributed by atoms with Crippen LogP contribution in [0.3, 0.4) is 0 Å². The fourth-order valence-electron chi connectivity index (χ4n) is 2.07. The maximum absolute atomic E-state index is 10.7. The minimum Gasteiger partial charge on any atom is -0.366 e. The Labute approximate surface area is 108 Å². The molecule has 0 aliphatic heterocycles. The highest BCUT2D eigenvalue weighted by Gasteiger charge is 2.27. The topological polar surface area (TPSA) is 68.1 Å². The molecule has 1 N–H and O–H groups in total. The van der Waals surface area contributed by atoms with Crippen LogP contribution in [0.4, 0.5) is 11.5 Å². The largest absolute Gasteiger partial charge is 0.366 e. The zero-order valence-electron chi connectivity index (χ0n) is 9.74. The lowest BCUT2D eigenvalue weighted by Gasteiger charge is -2.33. The van der Waals surface area contributed by atoms with Gasteiger partial charge in [-0.15, -0.1) is 0 Å². The number of nitro groups is 1. The van der Waals surface area contributed by atoms with Crippen LogP contribution in [0.2, 0.25) is 0 Å². The van der Waals surface area contributed by atoms with E-state index < -0.39 is 4.92 Å². The Kier molecular flexibility index (Phi) is 3.33. The van der Waals surface area contributed by atoms with E-state index in [0.29, 0.717) is 21.9 Å². The summed E-state index contributed by atoms with van der Waals surface area (Å²) in [6, 6.07) is 0.439. The third kappa shape index (κ3) is 2.41. The van der Waals surface area contributed by atoms with Gasteiger partial charge in [-0.05, 0) is 41.6 Å². The number of halogens is 1. The first-order valence-electron chi connectivity index (χ1n) is 5.55. The number of anilines is 1. The first-order valence-corrected chi connectivity index (χ1v) is 6.34. The maximum atomic E-state index is 10.7. The summed E-state index contributed by atoms with van der Waals surface area (Å²) < 4.78 is 0.686. The Morgan fingerprint density at radius 3 is 2.76 bits per heavy atom. The van der Waals surface area contributed by atoms with E-state index in [1.807, 2.05) is 0 Å². The van der Waals surface area contributed by atoms with Crippen molar-refractivity contribution in [3.8, 4) is 0 Å². The predicted molar refractivity (Wildman–Crippen MR) is 69.1 cm³/mol. The van der Waals surface area contributed by atoms with Gasteiger partial charge in [0.2, 0.25) is 0 Å². The first kappa shape index (κ1) is 12.3. The normalized spacial score (nSPS) is 23.0. The van der Waals surface area contributed by atoms with Crippen LogP contribution in [0.15, 0.2) is 10.7 Å². The maximum Gasteiger partial charge on any atom is 0.291 e. The van der Waals surface area contributed by atoms with Crippen LogP contribution in [0.25, 0.3) is 0 Å². The molecule has 6 heteroatoms. The summed E-state index contributed by atoms with van der Waals surface area (Å²) >= 11 is 3.37. The summed E-state index contributed by atoms with van der Waals surface area (Å²) in [5.41, 5.74) is 0.657. The second-order valence-corrected chi connectivity index (χ2v) is 5.40. The minimum atomic E-state index is -0.414. The summed E-state index contributed by atoms with van der Waals surface area (Å²) in [6.07, 6.45) is 3.57. The zero-order chi connectivity index (χ0) is 12.6. The Hall–Kier alpha value is -1.17. The SMILES string of the molecule is Cc1c([N+](=O)[O-])cnc(NC2CC(C)C2)c1Br. The molecule has 0 unspecified atom stereocenters. The van der Waals surface area contributed by atoms with Crippen LogP contribution >= 0.6 is 15.9 Å². The molecule has 0 atom stereocenters. The molecule has 1 aliphatic rings. The van der Waals surface area contributed by atoms with Gasteiger partial charge in [-0.3, -0.25) is 10.1 Å². The Morgan fingerprint density at radius 1 is 1.59 bits per heavy atom. The molecule has 0 saturated heterocycles. The van der Waals surface area contributed by atoms with Crippen molar-refractivity contribution in [3.05, 3.63) is 26.3 Å². The first-order chi connectivity index (χ1) is 7.99. The molecule has 1 heterocycles. The van der Waals surface area contributed by atoms with Gasteiger partial charge in [0.25, 0.3) is 5.69 Å². The van der Waals surface area contributed by atoms with Crippen LogP contribution in [-0.4, -0.2) is 15.9 Å². The van der Waals surface area contributed by atoms with Crippen molar-refractivity contribution in [2.24, 2.45) is 5.92 Å². The summed E-state index contributed by atoms with van der Waals surface area (Å²) in [5.74, 6) is 1.45. The second-order valence-electron chi connectivity index (χ2n) is 4.61. The third-order valence-electron chi connectivity index (χ3n) is 3.15. The molecular weight excluding hydrogens is 286 g/mol. The molecule has 5 nitrogen and oxygen atoms in total. The highest BCUT2D eigenvalue weighted by molar-refractivity contribution is 9.10. The molecule has 1 aromatic rings. The molecule has 0 amide bonds. The van der Waals surface area contributed by atoms with Crippen LogP contribution in [0.5, 0.6) is 0 Å². The van der Waals surface area contributed by atoms with Gasteiger partial charge in [0.1, 0.15) is 12.0 Å². The van der Waals surface area contributed by atoms with Crippen molar-refractivity contribution in [2.45, 2.75) is 32.7 Å². The van der Waals surface area contributed by atoms with Crippen molar-refractivity contribution in [1.82, 2.24) is 4.98 Å². The van der Waals surface area contributed by atoms with E-state index >= 15 is 0 Å². The standard InChI is InChI=1S/C11H14BrN3O2/c1-6-3-8(4-6)14-11-10(12)7(2)9(5-13-11)15(16)17/h5-6,8H,3-4H2,1-2H3,(H,13,14). The van der Waals surface area contributed by atoms with Crippen molar-refractivity contribution < 1.29 is 4.92 Å². The Balaban J connectivity index is 2.19. The lowest BCUT2D eigenvalue weighted by Crippen LogP contribution is -2.34. The number of aromatic nitrogens is 1. The lowest BCUT2D eigenvalue weighted by molar-refractivity contribution is -0.385. The Bertz CT molecular complexity index is 458. The zero-order valence-corrected chi connectivity index (χ0v) is 11.3. The van der Waals surface area contributed by atoms with E-state index in [1.165, 1.54) is 6.20 Å². The van der Waals surface area contributed by atoms with Gasteiger partial charge in [0.15, 0.2) is 0 Å². The molecule has 92 valence electrons. The number of pyridine rings is 1. The predicted octanol–water partition coefficient (Wildman–Crippen LogP) is 3.27. The van der Waals surface area contributed by atoms with E-state index in [9.17, 15) is 10.1 Å². The molecule has 0 aromatic carbocycles. The summed E-state index contributed by atoms with van der Waals surface area (Å²) in [6.45, 7) is 3.93. The summed E-state index contributed by atoms with van der Waals surface area (Å²) in [5, 5.41) is 14.0. The van der Waals surface area contributed by atoms with Gasteiger partial charge < -0.3 is 5.32 Å². The average molecular weight is 300 g/mol. The number of rotatable bonds is 3. The van der Waals surface area contributed by atoms with Gasteiger partial charge in [-0.1, -0.05) is 6.92 Å². The van der Waals surface area contributed by atoms with Gasteiger partial charge in [-0.25, -0.2) is 4.98 Å². The van der Waals surface area contributed by atoms with Crippen LogP contribution in [-0.2, 0) is 0 Å². The van der Waals surface area contributed by atoms with E-state index in [1.54, 1.807) is 6.92 Å². The van der Waals surface area contributed by atoms with Gasteiger partial charge in [0, 0.05) is 11.6 Å². The highest BCUT2D eigenvalue weighted by Crippen LogP contribution is 2.34. The van der Waals surface area contributed by atoms with Gasteiger partial charge in [0.05, 0.1) is 9.40 Å². The van der Waals surface area contributed by atoms with Gasteiger partial charge >= 0.3 is 0 Å². The molecular formula is C11H14BrN3O2. The molecule has 1 aromatic heterocycles. The molecule has 0 radical (unpaired) electrons. The summed E-state index contributed by atoms with van der Waals surface area (Å²) in [4.78, 5) is 14.4. The van der Waals surface area contributed by atoms with Crippen LogP contribution in [0, 0.1) is 23.0 Å². The van der Waals surface area contributed by atoms with E-state index in [4.69, 9.17) is 0 Å². The van der Waals surface area contributed by atoms with Crippen LogP contribution < -0.4 is 5.32 Å². The highest BCUT2D eigenvalue weighted by atomic mass is 79.9. The smallest absolute Gasteiger partial charge is 0.291 e. The molecule has 17 heavy (non-hydrogen) atoms. The number of nitrogens with zero attached hydrogens (tertiary/aromatic N) is 2. The summed E-state index contributed by atoms with van der Waals surface area (Å²) in [7, 11) is 0. The third-order valence-corrected chi connectivity index (χ3v) is 4.12. The molecule has 0 bridgehead atoms. The molecule has 2 rings (SSSR count). The number of hydrogen-bond acceptors (Lipinski definition) is 4. The monoisotopic (exact) mass is 299 g/mol. The fourth-order valence-corrected chi connectivity index (χ4v) is 2.49. The van der Waals surface area contributed by atoms with E-state index in [0.717, 1.165) is 18.8 Å². The Morgan fingerprint density at radius 2 is 2.24 bits per heavy atom. The molecule has 1 saturated carbocycles. The lowest BCUT2D eigenvalue weighted by atomic mass is 9.82. The number of nitrogens with one attached hydrogen (secondary N) is 1. The quantitative estimate of drug-likeness (QED) is 0.687. The molecule has 1 aliphatic carbocycles. The van der Waals surface area contributed by atoms with Crippen molar-refractivity contribution in [2.75, 3.05) is 5.32 Å². The number of hydrogen-bond donors (Lipinski definition) is 1. The average Bonchev–Trinajstić information content (AvgIpc) is 2.22. The van der Waals surface area contributed by atoms with E-state index in [2.05, 4.69) is 33.2 Å². The minimum absolute atomic E-state index is 0.0457. The molecule has 0 spiro atoms. The molecule has 1 fully saturated rings. The fraction of sp³-hybridized carbons (Fsp3) is 0.545.